The van der Waals surface area contributed by atoms with Crippen molar-refractivity contribution in [2.24, 2.45) is 5.92 Å². The number of carboxylic acids is 1. The Morgan fingerprint density at radius 1 is 1.26 bits per heavy atom. The Morgan fingerprint density at radius 2 is 1.95 bits per heavy atom. The first-order valence-electron chi connectivity index (χ1n) is 6.38. The number of carbonyl (C=O) groups is 1. The summed E-state index contributed by atoms with van der Waals surface area (Å²) in [4.78, 5) is 15.8. The first kappa shape index (κ1) is 13.3. The average molecular weight is 258 g/mol. The third kappa shape index (κ3) is 2.84. The van der Waals surface area contributed by atoms with E-state index >= 15 is 0 Å². The van der Waals surface area contributed by atoms with Crippen molar-refractivity contribution in [3.05, 3.63) is 35.9 Å². The summed E-state index contributed by atoms with van der Waals surface area (Å²) in [6, 6.07) is 9.12. The van der Waals surface area contributed by atoms with E-state index in [2.05, 4.69) is 31.1 Å². The predicted octanol–water partition coefficient (Wildman–Crippen LogP) is 3.39. The number of pyridine rings is 1. The summed E-state index contributed by atoms with van der Waals surface area (Å²) in [5.41, 5.74) is 0.977. The molecule has 2 aromatic rings. The molecule has 4 heteroatoms. The molecule has 0 saturated carbocycles. The monoisotopic (exact) mass is 258 g/mol. The van der Waals surface area contributed by atoms with E-state index in [1.807, 2.05) is 18.2 Å². The van der Waals surface area contributed by atoms with Crippen molar-refractivity contribution < 1.29 is 9.90 Å². The summed E-state index contributed by atoms with van der Waals surface area (Å²) in [5, 5.41) is 13.2. The van der Waals surface area contributed by atoms with E-state index < -0.39 is 5.97 Å². The van der Waals surface area contributed by atoms with E-state index in [0.29, 0.717) is 22.6 Å². The number of carboxylic acid groups (broad SMARTS) is 1. The second-order valence-electron chi connectivity index (χ2n) is 5.05. The van der Waals surface area contributed by atoms with E-state index in [4.69, 9.17) is 0 Å². The first-order valence-corrected chi connectivity index (χ1v) is 6.38. The largest absolute Gasteiger partial charge is 0.478 e. The molecule has 2 N–H and O–H groups in total. The van der Waals surface area contributed by atoms with Gasteiger partial charge in [-0.15, -0.1) is 0 Å². The lowest BCUT2D eigenvalue weighted by atomic mass is 10.1. The summed E-state index contributed by atoms with van der Waals surface area (Å²) in [6.07, 6.45) is 0. The summed E-state index contributed by atoms with van der Waals surface area (Å²) < 4.78 is 0. The Hall–Kier alpha value is -2.10. The lowest BCUT2D eigenvalue weighted by Crippen LogP contribution is -2.22. The summed E-state index contributed by atoms with van der Waals surface area (Å²) in [5.74, 6) is 0.123. The molecule has 0 bridgehead atoms. The van der Waals surface area contributed by atoms with Gasteiger partial charge in [0.05, 0.1) is 11.1 Å². The van der Waals surface area contributed by atoms with Crippen LogP contribution in [0.1, 0.15) is 31.1 Å². The zero-order valence-electron chi connectivity index (χ0n) is 11.3. The van der Waals surface area contributed by atoms with Crippen LogP contribution in [-0.4, -0.2) is 22.1 Å². The number of fused-ring (bicyclic) bond motifs is 1. The fraction of sp³-hybridized carbons (Fsp3) is 0.333. The molecule has 0 saturated heterocycles. The van der Waals surface area contributed by atoms with Gasteiger partial charge in [-0.25, -0.2) is 9.78 Å². The fourth-order valence-electron chi connectivity index (χ4n) is 1.83. The van der Waals surface area contributed by atoms with Crippen molar-refractivity contribution in [1.29, 1.82) is 0 Å². The number of rotatable bonds is 4. The minimum atomic E-state index is -0.932. The molecule has 0 aliphatic heterocycles. The maximum Gasteiger partial charge on any atom is 0.336 e. The van der Waals surface area contributed by atoms with Crippen molar-refractivity contribution >= 4 is 22.7 Å². The van der Waals surface area contributed by atoms with Crippen molar-refractivity contribution in [3.8, 4) is 0 Å². The Labute approximate surface area is 112 Å². The van der Waals surface area contributed by atoms with E-state index in [1.54, 1.807) is 12.1 Å². The summed E-state index contributed by atoms with van der Waals surface area (Å²) in [6.45, 7) is 6.27. The predicted molar refractivity (Wildman–Crippen MR) is 76.6 cm³/mol. The lowest BCUT2D eigenvalue weighted by Gasteiger charge is -2.18. The molecule has 0 spiro atoms. The average Bonchev–Trinajstić information content (AvgIpc) is 2.37. The number of anilines is 1. The highest BCUT2D eigenvalue weighted by atomic mass is 16.4. The maximum absolute atomic E-state index is 11.3. The Bertz CT molecular complexity index is 608. The van der Waals surface area contributed by atoms with Gasteiger partial charge in [0.1, 0.15) is 5.82 Å². The van der Waals surface area contributed by atoms with Gasteiger partial charge in [0.2, 0.25) is 0 Å². The standard InChI is InChI=1S/C15H18N2O2/c1-9(2)10(3)16-14-8-12(15(18)19)11-6-4-5-7-13(11)17-14/h4-10H,1-3H3,(H,16,17)(H,18,19). The van der Waals surface area contributed by atoms with E-state index in [9.17, 15) is 9.90 Å². The van der Waals surface area contributed by atoms with Gasteiger partial charge in [-0.3, -0.25) is 0 Å². The molecule has 2 rings (SSSR count). The first-order chi connectivity index (χ1) is 8.99. The highest BCUT2D eigenvalue weighted by molar-refractivity contribution is 6.03. The van der Waals surface area contributed by atoms with Crippen LogP contribution in [0.4, 0.5) is 5.82 Å². The third-order valence-corrected chi connectivity index (χ3v) is 3.32. The quantitative estimate of drug-likeness (QED) is 0.882. The summed E-state index contributed by atoms with van der Waals surface area (Å²) in [7, 11) is 0. The Kier molecular flexibility index (Phi) is 3.69. The Morgan fingerprint density at radius 3 is 2.58 bits per heavy atom. The minimum Gasteiger partial charge on any atom is -0.478 e. The SMILES string of the molecule is CC(C)C(C)Nc1cc(C(=O)O)c2ccccc2n1. The fourth-order valence-corrected chi connectivity index (χ4v) is 1.83. The van der Waals surface area contributed by atoms with E-state index in [0.717, 1.165) is 0 Å². The molecule has 0 amide bonds. The van der Waals surface area contributed by atoms with Gasteiger partial charge in [-0.05, 0) is 25.0 Å². The number of hydrogen-bond donors (Lipinski definition) is 2. The summed E-state index contributed by atoms with van der Waals surface area (Å²) >= 11 is 0. The second-order valence-corrected chi connectivity index (χ2v) is 5.05. The van der Waals surface area contributed by atoms with Crippen LogP contribution >= 0.6 is 0 Å². The van der Waals surface area contributed by atoms with Crippen LogP contribution in [0.3, 0.4) is 0 Å². The zero-order valence-corrected chi connectivity index (χ0v) is 11.3. The third-order valence-electron chi connectivity index (χ3n) is 3.32. The highest BCUT2D eigenvalue weighted by Gasteiger charge is 2.13. The smallest absolute Gasteiger partial charge is 0.336 e. The molecule has 4 nitrogen and oxygen atoms in total. The van der Waals surface area contributed by atoms with Crippen LogP contribution < -0.4 is 5.32 Å². The number of aromatic carboxylic acids is 1. The molecule has 1 unspecified atom stereocenters. The maximum atomic E-state index is 11.3. The van der Waals surface area contributed by atoms with Crippen LogP contribution in [0.2, 0.25) is 0 Å². The van der Waals surface area contributed by atoms with Crippen molar-refractivity contribution in [2.45, 2.75) is 26.8 Å². The molecule has 0 aliphatic carbocycles. The molecular weight excluding hydrogens is 240 g/mol. The molecule has 100 valence electrons. The number of benzene rings is 1. The molecule has 0 radical (unpaired) electrons. The van der Waals surface area contributed by atoms with Crippen molar-refractivity contribution in [2.75, 3.05) is 5.32 Å². The minimum absolute atomic E-state index is 0.232. The normalized spacial score (nSPS) is 12.6. The van der Waals surface area contributed by atoms with Crippen molar-refractivity contribution in [1.82, 2.24) is 4.98 Å². The Balaban J connectivity index is 2.49. The van der Waals surface area contributed by atoms with Gasteiger partial charge in [0.15, 0.2) is 0 Å². The van der Waals surface area contributed by atoms with Crippen molar-refractivity contribution in [3.63, 3.8) is 0 Å². The second kappa shape index (κ2) is 5.26. The van der Waals surface area contributed by atoms with Crippen LogP contribution in [0.25, 0.3) is 10.9 Å². The number of nitrogens with one attached hydrogen (secondary N) is 1. The van der Waals surface area contributed by atoms with Gasteiger partial charge in [-0.1, -0.05) is 32.0 Å². The van der Waals surface area contributed by atoms with Crippen LogP contribution in [0.5, 0.6) is 0 Å². The number of aromatic nitrogens is 1. The van der Waals surface area contributed by atoms with E-state index in [1.165, 1.54) is 0 Å². The van der Waals surface area contributed by atoms with Gasteiger partial charge in [0, 0.05) is 11.4 Å². The molecule has 0 fully saturated rings. The van der Waals surface area contributed by atoms with Crippen LogP contribution in [0, 0.1) is 5.92 Å². The van der Waals surface area contributed by atoms with E-state index in [-0.39, 0.29) is 11.6 Å². The number of hydrogen-bond acceptors (Lipinski definition) is 3. The van der Waals surface area contributed by atoms with Crippen LogP contribution in [-0.2, 0) is 0 Å². The molecular formula is C15H18N2O2. The molecule has 19 heavy (non-hydrogen) atoms. The van der Waals surface area contributed by atoms with Crippen LogP contribution in [0.15, 0.2) is 30.3 Å². The highest BCUT2D eigenvalue weighted by Crippen LogP contribution is 2.21. The van der Waals surface area contributed by atoms with Gasteiger partial charge in [0.25, 0.3) is 0 Å². The van der Waals surface area contributed by atoms with Gasteiger partial charge in [-0.2, -0.15) is 0 Å². The molecule has 1 aromatic heterocycles. The van der Waals surface area contributed by atoms with Gasteiger partial charge >= 0.3 is 5.97 Å². The molecule has 1 aromatic carbocycles. The molecule has 1 heterocycles. The topological polar surface area (TPSA) is 62.2 Å². The molecule has 1 atom stereocenters. The number of nitrogens with zero attached hydrogens (tertiary/aromatic N) is 1. The lowest BCUT2D eigenvalue weighted by molar-refractivity contribution is 0.0699. The van der Waals surface area contributed by atoms with Gasteiger partial charge < -0.3 is 10.4 Å². The molecule has 0 aliphatic rings. The number of para-hydroxylation sites is 1. The zero-order chi connectivity index (χ0) is 14.0.